The number of likely N-dealkylation sites (tertiary alicyclic amines) is 1. The van der Waals surface area contributed by atoms with E-state index in [2.05, 4.69) is 25.7 Å². The molecule has 0 aromatic heterocycles. The predicted octanol–water partition coefficient (Wildman–Crippen LogP) is 3.89. The van der Waals surface area contributed by atoms with Crippen LogP contribution < -0.4 is 0 Å². The van der Waals surface area contributed by atoms with E-state index in [0.717, 1.165) is 38.1 Å². The maximum Gasteiger partial charge on any atom is 0.130 e. The van der Waals surface area contributed by atoms with Gasteiger partial charge in [-0.25, -0.2) is 8.78 Å². The molecule has 1 aromatic carbocycles. The Morgan fingerprint density at radius 3 is 2.14 bits per heavy atom. The van der Waals surface area contributed by atoms with E-state index in [-0.39, 0.29) is 16.7 Å². The summed E-state index contributed by atoms with van der Waals surface area (Å²) in [6, 6.07) is 4.03. The fourth-order valence-corrected chi connectivity index (χ4v) is 2.96. The van der Waals surface area contributed by atoms with E-state index in [1.807, 2.05) is 0 Å². The molecule has 4 heteroatoms. The normalized spacial score (nSPS) is 17.7. The van der Waals surface area contributed by atoms with E-state index < -0.39 is 11.6 Å². The summed E-state index contributed by atoms with van der Waals surface area (Å²) in [5.74, 6) is -0.880. The smallest absolute Gasteiger partial charge is 0.130 e. The zero-order chi connectivity index (χ0) is 15.6. The average molecular weight is 292 g/mol. The van der Waals surface area contributed by atoms with E-state index in [4.69, 9.17) is 5.26 Å². The van der Waals surface area contributed by atoms with Gasteiger partial charge in [-0.1, -0.05) is 0 Å². The molecule has 1 aliphatic heterocycles. The summed E-state index contributed by atoms with van der Waals surface area (Å²) in [7, 11) is 0. The van der Waals surface area contributed by atoms with Gasteiger partial charge in [0.15, 0.2) is 0 Å². The van der Waals surface area contributed by atoms with Crippen molar-refractivity contribution in [3.63, 3.8) is 0 Å². The predicted molar refractivity (Wildman–Crippen MR) is 78.8 cm³/mol. The minimum Gasteiger partial charge on any atom is -0.298 e. The molecule has 21 heavy (non-hydrogen) atoms. The Bertz CT molecular complexity index is 524. The maximum atomic E-state index is 13.9. The quantitative estimate of drug-likeness (QED) is 0.827. The lowest BCUT2D eigenvalue weighted by atomic mass is 9.87. The van der Waals surface area contributed by atoms with Crippen molar-refractivity contribution in [1.82, 2.24) is 4.90 Å². The highest BCUT2D eigenvalue weighted by Gasteiger charge is 2.28. The van der Waals surface area contributed by atoms with E-state index in [0.29, 0.717) is 12.3 Å². The number of nitriles is 1. The van der Waals surface area contributed by atoms with Crippen molar-refractivity contribution >= 4 is 0 Å². The molecule has 0 aliphatic carbocycles. The van der Waals surface area contributed by atoms with Crippen LogP contribution in [0.3, 0.4) is 0 Å². The molecule has 1 fully saturated rings. The van der Waals surface area contributed by atoms with Crippen LogP contribution in [0.2, 0.25) is 0 Å². The van der Waals surface area contributed by atoms with Gasteiger partial charge in [-0.3, -0.25) is 4.90 Å². The number of piperidine rings is 1. The van der Waals surface area contributed by atoms with Gasteiger partial charge in [0, 0.05) is 11.1 Å². The summed E-state index contributed by atoms with van der Waals surface area (Å²) < 4.78 is 27.8. The number of hydrogen-bond donors (Lipinski definition) is 0. The van der Waals surface area contributed by atoms with Crippen LogP contribution in [0.15, 0.2) is 12.1 Å². The van der Waals surface area contributed by atoms with Crippen LogP contribution in [0.25, 0.3) is 0 Å². The van der Waals surface area contributed by atoms with E-state index in [1.165, 1.54) is 0 Å². The van der Waals surface area contributed by atoms with Crippen LogP contribution in [0.5, 0.6) is 0 Å². The van der Waals surface area contributed by atoms with Crippen LogP contribution >= 0.6 is 0 Å². The molecule has 1 aliphatic rings. The topological polar surface area (TPSA) is 27.0 Å². The molecular weight excluding hydrogens is 270 g/mol. The van der Waals surface area contributed by atoms with Gasteiger partial charge in [-0.2, -0.15) is 5.26 Å². The van der Waals surface area contributed by atoms with Crippen molar-refractivity contribution in [2.75, 3.05) is 13.1 Å². The highest BCUT2D eigenvalue weighted by atomic mass is 19.1. The Morgan fingerprint density at radius 1 is 1.19 bits per heavy atom. The second-order valence-electron chi connectivity index (χ2n) is 6.84. The molecule has 2 nitrogen and oxygen atoms in total. The third-order valence-electron chi connectivity index (χ3n) is 4.33. The van der Waals surface area contributed by atoms with E-state index in [1.54, 1.807) is 6.07 Å². The third kappa shape index (κ3) is 3.79. The van der Waals surface area contributed by atoms with Crippen LogP contribution in [0.1, 0.15) is 44.7 Å². The summed E-state index contributed by atoms with van der Waals surface area (Å²) in [6.07, 6.45) is 2.33. The van der Waals surface area contributed by atoms with Gasteiger partial charge in [-0.05, 0) is 71.2 Å². The second kappa shape index (κ2) is 6.11. The maximum absolute atomic E-state index is 13.9. The van der Waals surface area contributed by atoms with Crippen LogP contribution in [0.4, 0.5) is 8.78 Å². The lowest BCUT2D eigenvalue weighted by molar-refractivity contribution is 0.0871. The Kier molecular flexibility index (Phi) is 4.63. The first-order valence-corrected chi connectivity index (χ1v) is 7.44. The van der Waals surface area contributed by atoms with Crippen molar-refractivity contribution in [3.05, 3.63) is 34.9 Å². The number of nitrogens with zero attached hydrogens (tertiary/aromatic N) is 2. The first kappa shape index (κ1) is 15.9. The molecular formula is C17H22F2N2. The van der Waals surface area contributed by atoms with Crippen molar-refractivity contribution in [1.29, 1.82) is 5.26 Å². The molecule has 0 saturated carbocycles. The van der Waals surface area contributed by atoms with Crippen LogP contribution in [-0.4, -0.2) is 23.5 Å². The van der Waals surface area contributed by atoms with Crippen molar-refractivity contribution in [2.45, 2.75) is 45.6 Å². The minimum absolute atomic E-state index is 0.0382. The molecule has 1 saturated heterocycles. The largest absolute Gasteiger partial charge is 0.298 e. The first-order valence-electron chi connectivity index (χ1n) is 7.44. The summed E-state index contributed by atoms with van der Waals surface area (Å²) >= 11 is 0. The first-order chi connectivity index (χ1) is 9.81. The monoisotopic (exact) mass is 292 g/mol. The van der Waals surface area contributed by atoms with E-state index in [9.17, 15) is 8.78 Å². The molecule has 0 unspecified atom stereocenters. The molecule has 1 aromatic rings. The summed E-state index contributed by atoms with van der Waals surface area (Å²) in [5, 5.41) is 8.72. The van der Waals surface area contributed by atoms with Crippen molar-refractivity contribution < 1.29 is 8.78 Å². The Morgan fingerprint density at radius 2 is 1.71 bits per heavy atom. The van der Waals surface area contributed by atoms with Gasteiger partial charge in [-0.15, -0.1) is 0 Å². The van der Waals surface area contributed by atoms with Gasteiger partial charge in [0.1, 0.15) is 11.6 Å². The van der Waals surface area contributed by atoms with Crippen LogP contribution in [-0.2, 0) is 6.42 Å². The molecule has 0 amide bonds. The Hall–Kier alpha value is -1.47. The second-order valence-corrected chi connectivity index (χ2v) is 6.84. The summed E-state index contributed by atoms with van der Waals surface area (Å²) in [5.41, 5.74) is 0.315. The molecule has 1 heterocycles. The van der Waals surface area contributed by atoms with Crippen LogP contribution in [0, 0.1) is 28.9 Å². The molecule has 0 atom stereocenters. The van der Waals surface area contributed by atoms with Gasteiger partial charge >= 0.3 is 0 Å². The van der Waals surface area contributed by atoms with Gasteiger partial charge in [0.05, 0.1) is 11.6 Å². The number of benzene rings is 1. The molecule has 0 radical (unpaired) electrons. The van der Waals surface area contributed by atoms with E-state index >= 15 is 0 Å². The molecule has 0 bridgehead atoms. The molecule has 114 valence electrons. The van der Waals surface area contributed by atoms with Gasteiger partial charge < -0.3 is 0 Å². The standard InChI is InChI=1S/C17H22F2N2/c1-17(2,3)21-6-4-12(5-7-21)8-14-15(18)9-13(11-20)10-16(14)19/h9-10,12H,4-8H2,1-3H3. The zero-order valence-electron chi connectivity index (χ0n) is 12.9. The van der Waals surface area contributed by atoms with Crippen molar-refractivity contribution in [3.8, 4) is 6.07 Å². The molecule has 2 rings (SSSR count). The fourth-order valence-electron chi connectivity index (χ4n) is 2.96. The minimum atomic E-state index is -0.593. The number of rotatable bonds is 2. The van der Waals surface area contributed by atoms with Crippen molar-refractivity contribution in [2.24, 2.45) is 5.92 Å². The third-order valence-corrected chi connectivity index (χ3v) is 4.33. The lowest BCUT2D eigenvalue weighted by Crippen LogP contribution is -2.46. The molecule has 0 spiro atoms. The highest BCUT2D eigenvalue weighted by molar-refractivity contribution is 5.34. The SMILES string of the molecule is CC(C)(C)N1CCC(Cc2c(F)cc(C#N)cc2F)CC1. The Labute approximate surface area is 125 Å². The molecule has 0 N–H and O–H groups in total. The zero-order valence-corrected chi connectivity index (χ0v) is 12.9. The Balaban J connectivity index is 2.03. The number of hydrogen-bond acceptors (Lipinski definition) is 2. The summed E-state index contributed by atoms with van der Waals surface area (Å²) in [6.45, 7) is 8.50. The highest BCUT2D eigenvalue weighted by Crippen LogP contribution is 2.28. The number of halogens is 2. The van der Waals surface area contributed by atoms with Gasteiger partial charge in [0.25, 0.3) is 0 Å². The summed E-state index contributed by atoms with van der Waals surface area (Å²) in [4.78, 5) is 2.41. The average Bonchev–Trinajstić information content (AvgIpc) is 2.42. The lowest BCUT2D eigenvalue weighted by Gasteiger charge is -2.41. The fraction of sp³-hybridized carbons (Fsp3) is 0.588. The van der Waals surface area contributed by atoms with Gasteiger partial charge in [0.2, 0.25) is 0 Å².